The SMILES string of the molecule is CC1CCC(CNC(=O)c2cc(Cl)ncc2N)C1. The zero-order valence-corrected chi connectivity index (χ0v) is 11.2. The molecule has 2 unspecified atom stereocenters. The van der Waals surface area contributed by atoms with Crippen molar-refractivity contribution in [1.29, 1.82) is 0 Å². The van der Waals surface area contributed by atoms with Crippen LogP contribution in [0.15, 0.2) is 12.3 Å². The fraction of sp³-hybridized carbons (Fsp3) is 0.538. The minimum atomic E-state index is -0.170. The largest absolute Gasteiger partial charge is 0.397 e. The quantitative estimate of drug-likeness (QED) is 0.827. The summed E-state index contributed by atoms with van der Waals surface area (Å²) < 4.78 is 0. The standard InChI is InChI=1S/C13H18ClN3O/c1-8-2-3-9(4-8)6-17-13(18)10-5-12(14)16-7-11(10)15/h5,7-9H,2-4,6,15H2,1H3,(H,17,18). The number of carbonyl (C=O) groups is 1. The van der Waals surface area contributed by atoms with E-state index in [0.29, 0.717) is 23.7 Å². The monoisotopic (exact) mass is 267 g/mol. The fourth-order valence-corrected chi connectivity index (χ4v) is 2.64. The Hall–Kier alpha value is -1.29. The van der Waals surface area contributed by atoms with Crippen LogP contribution in [0.2, 0.25) is 5.15 Å². The van der Waals surface area contributed by atoms with Gasteiger partial charge in [0.2, 0.25) is 0 Å². The summed E-state index contributed by atoms with van der Waals surface area (Å²) in [7, 11) is 0. The number of anilines is 1. The van der Waals surface area contributed by atoms with Gasteiger partial charge in [-0.3, -0.25) is 4.79 Å². The summed E-state index contributed by atoms with van der Waals surface area (Å²) in [6, 6.07) is 1.50. The number of hydrogen-bond acceptors (Lipinski definition) is 3. The van der Waals surface area contributed by atoms with E-state index in [0.717, 1.165) is 5.92 Å². The van der Waals surface area contributed by atoms with Crippen LogP contribution in [0.3, 0.4) is 0 Å². The van der Waals surface area contributed by atoms with Gasteiger partial charge in [0.05, 0.1) is 17.4 Å². The molecule has 1 aromatic rings. The predicted molar refractivity (Wildman–Crippen MR) is 72.5 cm³/mol. The number of nitrogens with one attached hydrogen (secondary N) is 1. The highest BCUT2D eigenvalue weighted by Crippen LogP contribution is 2.29. The molecule has 0 radical (unpaired) electrons. The zero-order chi connectivity index (χ0) is 13.1. The first kappa shape index (κ1) is 13.1. The molecule has 2 rings (SSSR count). The maximum Gasteiger partial charge on any atom is 0.253 e. The summed E-state index contributed by atoms with van der Waals surface area (Å²) in [5, 5.41) is 3.21. The molecule has 0 bridgehead atoms. The second kappa shape index (κ2) is 5.57. The van der Waals surface area contributed by atoms with Crippen LogP contribution in [0, 0.1) is 11.8 Å². The molecule has 3 N–H and O–H groups in total. The van der Waals surface area contributed by atoms with E-state index < -0.39 is 0 Å². The average Bonchev–Trinajstić information content (AvgIpc) is 2.75. The molecule has 2 atom stereocenters. The Morgan fingerprint density at radius 2 is 2.39 bits per heavy atom. The van der Waals surface area contributed by atoms with Gasteiger partial charge in [-0.15, -0.1) is 0 Å². The number of rotatable bonds is 3. The lowest BCUT2D eigenvalue weighted by atomic mass is 10.1. The molecule has 0 spiro atoms. The highest BCUT2D eigenvalue weighted by atomic mass is 35.5. The Labute approximate surface area is 112 Å². The number of hydrogen-bond donors (Lipinski definition) is 2. The molecule has 0 saturated heterocycles. The van der Waals surface area contributed by atoms with Crippen molar-refractivity contribution in [2.45, 2.75) is 26.2 Å². The summed E-state index contributed by atoms with van der Waals surface area (Å²) in [5.41, 5.74) is 6.48. The van der Waals surface area contributed by atoms with E-state index >= 15 is 0 Å². The first-order valence-electron chi connectivity index (χ1n) is 6.25. The molecule has 1 aliphatic carbocycles. The van der Waals surface area contributed by atoms with Crippen molar-refractivity contribution in [3.8, 4) is 0 Å². The van der Waals surface area contributed by atoms with Crippen LogP contribution in [0.25, 0.3) is 0 Å². The Morgan fingerprint density at radius 1 is 1.61 bits per heavy atom. The van der Waals surface area contributed by atoms with Crippen molar-refractivity contribution in [2.75, 3.05) is 12.3 Å². The molecule has 1 aliphatic rings. The van der Waals surface area contributed by atoms with Gasteiger partial charge in [0.1, 0.15) is 5.15 Å². The van der Waals surface area contributed by atoms with Crippen LogP contribution < -0.4 is 11.1 Å². The molecule has 1 saturated carbocycles. The van der Waals surface area contributed by atoms with Gasteiger partial charge in [0, 0.05) is 6.54 Å². The van der Waals surface area contributed by atoms with Crippen molar-refractivity contribution < 1.29 is 4.79 Å². The Balaban J connectivity index is 1.93. The number of nitrogens with two attached hydrogens (primary N) is 1. The highest BCUT2D eigenvalue weighted by Gasteiger charge is 2.22. The number of amides is 1. The molecule has 18 heavy (non-hydrogen) atoms. The highest BCUT2D eigenvalue weighted by molar-refractivity contribution is 6.29. The Morgan fingerprint density at radius 3 is 3.06 bits per heavy atom. The zero-order valence-electron chi connectivity index (χ0n) is 10.4. The first-order valence-corrected chi connectivity index (χ1v) is 6.63. The molecule has 1 aromatic heterocycles. The fourth-order valence-electron chi connectivity index (χ4n) is 2.48. The van der Waals surface area contributed by atoms with E-state index in [4.69, 9.17) is 17.3 Å². The van der Waals surface area contributed by atoms with E-state index in [1.807, 2.05) is 0 Å². The summed E-state index contributed by atoms with van der Waals surface area (Å²) >= 11 is 5.76. The van der Waals surface area contributed by atoms with E-state index in [-0.39, 0.29) is 11.1 Å². The van der Waals surface area contributed by atoms with Gasteiger partial charge in [-0.05, 0) is 30.7 Å². The van der Waals surface area contributed by atoms with Crippen molar-refractivity contribution in [2.24, 2.45) is 11.8 Å². The third-order valence-electron chi connectivity index (χ3n) is 3.50. The van der Waals surface area contributed by atoms with Gasteiger partial charge >= 0.3 is 0 Å². The predicted octanol–water partition coefficient (Wildman–Crippen LogP) is 2.48. The lowest BCUT2D eigenvalue weighted by Crippen LogP contribution is -2.29. The maximum atomic E-state index is 12.0. The summed E-state index contributed by atoms with van der Waals surface area (Å²) in [6.45, 7) is 2.96. The molecule has 4 nitrogen and oxygen atoms in total. The van der Waals surface area contributed by atoms with Crippen LogP contribution in [-0.4, -0.2) is 17.4 Å². The molecule has 5 heteroatoms. The third-order valence-corrected chi connectivity index (χ3v) is 3.71. The van der Waals surface area contributed by atoms with E-state index in [1.54, 1.807) is 0 Å². The summed E-state index contributed by atoms with van der Waals surface area (Å²) in [4.78, 5) is 15.8. The second-order valence-corrected chi connectivity index (χ2v) is 5.48. The average molecular weight is 268 g/mol. The van der Waals surface area contributed by atoms with Crippen LogP contribution in [0.1, 0.15) is 36.5 Å². The van der Waals surface area contributed by atoms with Gasteiger partial charge < -0.3 is 11.1 Å². The minimum absolute atomic E-state index is 0.170. The van der Waals surface area contributed by atoms with Crippen molar-refractivity contribution >= 4 is 23.2 Å². The number of pyridine rings is 1. The first-order chi connectivity index (χ1) is 8.56. The molecule has 98 valence electrons. The summed E-state index contributed by atoms with van der Waals surface area (Å²) in [5.74, 6) is 1.19. The number of halogens is 1. The van der Waals surface area contributed by atoms with E-state index in [1.165, 1.54) is 31.5 Å². The van der Waals surface area contributed by atoms with Crippen molar-refractivity contribution in [3.05, 3.63) is 23.0 Å². The van der Waals surface area contributed by atoms with Gasteiger partial charge in [-0.2, -0.15) is 0 Å². The maximum absolute atomic E-state index is 12.0. The molecule has 1 amide bonds. The molecular formula is C13H18ClN3O. The molecular weight excluding hydrogens is 250 g/mol. The van der Waals surface area contributed by atoms with Crippen molar-refractivity contribution in [1.82, 2.24) is 10.3 Å². The molecule has 0 aliphatic heterocycles. The Bertz CT molecular complexity index is 450. The number of aromatic nitrogens is 1. The minimum Gasteiger partial charge on any atom is -0.397 e. The van der Waals surface area contributed by atoms with Crippen LogP contribution in [-0.2, 0) is 0 Å². The topological polar surface area (TPSA) is 68.0 Å². The molecule has 1 heterocycles. The van der Waals surface area contributed by atoms with E-state index in [9.17, 15) is 4.79 Å². The Kier molecular flexibility index (Phi) is 4.07. The van der Waals surface area contributed by atoms with Gasteiger partial charge in [0.25, 0.3) is 5.91 Å². The van der Waals surface area contributed by atoms with Crippen LogP contribution >= 0.6 is 11.6 Å². The van der Waals surface area contributed by atoms with Gasteiger partial charge in [-0.1, -0.05) is 24.9 Å². The smallest absolute Gasteiger partial charge is 0.253 e. The lowest BCUT2D eigenvalue weighted by molar-refractivity contribution is 0.0948. The van der Waals surface area contributed by atoms with Gasteiger partial charge in [0.15, 0.2) is 0 Å². The number of nitrogens with zero attached hydrogens (tertiary/aromatic N) is 1. The lowest BCUT2D eigenvalue weighted by Gasteiger charge is -2.12. The molecule has 1 fully saturated rings. The third kappa shape index (κ3) is 3.13. The molecule has 0 aromatic carbocycles. The summed E-state index contributed by atoms with van der Waals surface area (Å²) in [6.07, 6.45) is 5.04. The van der Waals surface area contributed by atoms with E-state index in [2.05, 4.69) is 17.2 Å². The second-order valence-electron chi connectivity index (χ2n) is 5.09. The van der Waals surface area contributed by atoms with Crippen LogP contribution in [0.5, 0.6) is 0 Å². The number of carbonyl (C=O) groups excluding carboxylic acids is 1. The normalized spacial score (nSPS) is 23.0. The van der Waals surface area contributed by atoms with Crippen molar-refractivity contribution in [3.63, 3.8) is 0 Å². The van der Waals surface area contributed by atoms with Crippen LogP contribution in [0.4, 0.5) is 5.69 Å². The number of nitrogen functional groups attached to an aromatic ring is 1. The van der Waals surface area contributed by atoms with Gasteiger partial charge in [-0.25, -0.2) is 4.98 Å².